The van der Waals surface area contributed by atoms with Crippen LogP contribution in [0.4, 0.5) is 13.2 Å². The Morgan fingerprint density at radius 2 is 1.62 bits per heavy atom. The van der Waals surface area contributed by atoms with Crippen LogP contribution in [0.2, 0.25) is 0 Å². The first-order chi connectivity index (χ1) is 7.59. The first kappa shape index (κ1) is 12.2. The van der Waals surface area contributed by atoms with E-state index in [1.54, 1.807) is 4.90 Å². The number of nitrogens with one attached hydrogen (secondary N) is 1. The van der Waals surface area contributed by atoms with Gasteiger partial charge in [0.2, 0.25) is 0 Å². The average molecular weight is 236 g/mol. The van der Waals surface area contributed by atoms with Crippen molar-refractivity contribution in [2.24, 2.45) is 5.92 Å². The van der Waals surface area contributed by atoms with Crippen LogP contribution in [0.15, 0.2) is 0 Å². The third kappa shape index (κ3) is 2.69. The van der Waals surface area contributed by atoms with Crippen LogP contribution < -0.4 is 5.32 Å². The van der Waals surface area contributed by atoms with Gasteiger partial charge < -0.3 is 5.32 Å². The lowest BCUT2D eigenvalue weighted by atomic mass is 9.95. The van der Waals surface area contributed by atoms with Gasteiger partial charge in [0.1, 0.15) is 6.04 Å². The normalized spacial score (nSPS) is 27.2. The minimum absolute atomic E-state index is 0.168. The lowest BCUT2D eigenvalue weighted by Crippen LogP contribution is -2.56. The molecule has 0 bridgehead atoms. The smallest absolute Gasteiger partial charge is 0.314 e. The predicted octanol–water partition coefficient (Wildman–Crippen LogP) is 2.01. The number of rotatable bonds is 2. The van der Waals surface area contributed by atoms with Crippen molar-refractivity contribution in [2.45, 2.75) is 37.9 Å². The maximum atomic E-state index is 13.1. The monoisotopic (exact) mass is 236 g/mol. The predicted molar refractivity (Wildman–Crippen MR) is 56.2 cm³/mol. The van der Waals surface area contributed by atoms with Gasteiger partial charge in [-0.3, -0.25) is 4.90 Å². The van der Waals surface area contributed by atoms with Crippen molar-refractivity contribution in [2.75, 3.05) is 26.2 Å². The fraction of sp³-hybridized carbons (Fsp3) is 1.00. The highest BCUT2D eigenvalue weighted by atomic mass is 19.4. The second-order valence-corrected chi connectivity index (χ2v) is 4.82. The van der Waals surface area contributed by atoms with Gasteiger partial charge in [-0.15, -0.1) is 0 Å². The van der Waals surface area contributed by atoms with E-state index in [2.05, 4.69) is 5.32 Å². The van der Waals surface area contributed by atoms with Crippen LogP contribution >= 0.6 is 0 Å². The fourth-order valence-corrected chi connectivity index (χ4v) is 3.01. The van der Waals surface area contributed by atoms with Gasteiger partial charge in [0, 0.05) is 26.2 Å². The Kier molecular flexibility index (Phi) is 3.74. The third-order valence-electron chi connectivity index (χ3n) is 3.73. The maximum absolute atomic E-state index is 13.1. The zero-order chi connectivity index (χ0) is 11.6. The minimum atomic E-state index is -4.06. The molecule has 0 unspecified atom stereocenters. The Hall–Kier alpha value is -0.290. The topological polar surface area (TPSA) is 15.3 Å². The zero-order valence-corrected chi connectivity index (χ0v) is 9.39. The summed E-state index contributed by atoms with van der Waals surface area (Å²) in [5.74, 6) is -0.168. The zero-order valence-electron chi connectivity index (χ0n) is 9.39. The molecule has 1 saturated heterocycles. The molecule has 1 saturated carbocycles. The lowest BCUT2D eigenvalue weighted by Gasteiger charge is -2.39. The van der Waals surface area contributed by atoms with Crippen molar-refractivity contribution in [3.05, 3.63) is 0 Å². The van der Waals surface area contributed by atoms with Crippen molar-refractivity contribution >= 4 is 0 Å². The quantitative estimate of drug-likeness (QED) is 0.789. The molecule has 0 aromatic carbocycles. The summed E-state index contributed by atoms with van der Waals surface area (Å²) in [6, 6.07) is -1.20. The van der Waals surface area contributed by atoms with Crippen LogP contribution in [0, 0.1) is 5.92 Å². The largest absolute Gasteiger partial charge is 0.404 e. The first-order valence-electron chi connectivity index (χ1n) is 6.10. The number of alkyl halides is 3. The van der Waals surface area contributed by atoms with E-state index in [0.29, 0.717) is 26.2 Å². The molecule has 5 heteroatoms. The molecule has 1 aliphatic carbocycles. The molecule has 1 aliphatic heterocycles. The molecule has 0 radical (unpaired) electrons. The van der Waals surface area contributed by atoms with Gasteiger partial charge in [-0.2, -0.15) is 13.2 Å². The number of piperazine rings is 1. The summed E-state index contributed by atoms with van der Waals surface area (Å²) in [6.07, 6.45) is -0.652. The van der Waals surface area contributed by atoms with Crippen molar-refractivity contribution in [1.82, 2.24) is 10.2 Å². The highest BCUT2D eigenvalue weighted by molar-refractivity contribution is 4.89. The van der Waals surface area contributed by atoms with Gasteiger partial charge in [0.25, 0.3) is 0 Å². The summed E-state index contributed by atoms with van der Waals surface area (Å²) in [7, 11) is 0. The number of hydrogen-bond donors (Lipinski definition) is 1. The molecule has 0 aromatic heterocycles. The van der Waals surface area contributed by atoms with Crippen molar-refractivity contribution < 1.29 is 13.2 Å². The van der Waals surface area contributed by atoms with E-state index >= 15 is 0 Å². The Labute approximate surface area is 94.2 Å². The second-order valence-electron chi connectivity index (χ2n) is 4.82. The highest BCUT2D eigenvalue weighted by Crippen LogP contribution is 2.38. The van der Waals surface area contributed by atoms with Crippen LogP contribution in [-0.2, 0) is 0 Å². The third-order valence-corrected chi connectivity index (χ3v) is 3.73. The molecule has 2 rings (SSSR count). The number of halogens is 3. The van der Waals surface area contributed by atoms with Crippen molar-refractivity contribution in [3.63, 3.8) is 0 Å². The van der Waals surface area contributed by atoms with E-state index in [-0.39, 0.29) is 5.92 Å². The Morgan fingerprint density at radius 3 is 2.12 bits per heavy atom. The summed E-state index contributed by atoms with van der Waals surface area (Å²) in [4.78, 5) is 1.63. The van der Waals surface area contributed by atoms with E-state index < -0.39 is 12.2 Å². The molecular weight excluding hydrogens is 217 g/mol. The van der Waals surface area contributed by atoms with Crippen LogP contribution in [-0.4, -0.2) is 43.3 Å². The average Bonchev–Trinajstić information content (AvgIpc) is 2.71. The standard InChI is InChI=1S/C11H19F3N2/c12-11(13,14)10(9-3-1-2-4-9)16-7-5-15-6-8-16/h9-10,15H,1-8H2/t10-/m1/s1. The first-order valence-corrected chi connectivity index (χ1v) is 6.10. The lowest BCUT2D eigenvalue weighted by molar-refractivity contribution is -0.198. The van der Waals surface area contributed by atoms with E-state index in [0.717, 1.165) is 25.7 Å². The molecule has 1 heterocycles. The van der Waals surface area contributed by atoms with E-state index in [1.807, 2.05) is 0 Å². The molecule has 0 amide bonds. The molecule has 16 heavy (non-hydrogen) atoms. The molecule has 0 spiro atoms. The van der Waals surface area contributed by atoms with E-state index in [9.17, 15) is 13.2 Å². The Bertz CT molecular complexity index is 218. The van der Waals surface area contributed by atoms with Crippen LogP contribution in [0.25, 0.3) is 0 Å². The maximum Gasteiger partial charge on any atom is 0.404 e. The molecule has 1 N–H and O–H groups in total. The van der Waals surface area contributed by atoms with Gasteiger partial charge >= 0.3 is 6.18 Å². The van der Waals surface area contributed by atoms with Crippen LogP contribution in [0.1, 0.15) is 25.7 Å². The van der Waals surface area contributed by atoms with Gasteiger partial charge in [0.15, 0.2) is 0 Å². The molecule has 94 valence electrons. The summed E-state index contributed by atoms with van der Waals surface area (Å²) >= 11 is 0. The van der Waals surface area contributed by atoms with Gasteiger partial charge in [-0.1, -0.05) is 12.8 Å². The second kappa shape index (κ2) is 4.92. The Balaban J connectivity index is 2.06. The van der Waals surface area contributed by atoms with E-state index in [4.69, 9.17) is 0 Å². The molecular formula is C11H19F3N2. The molecule has 2 fully saturated rings. The summed E-state index contributed by atoms with van der Waals surface area (Å²) in [5.41, 5.74) is 0. The van der Waals surface area contributed by atoms with E-state index in [1.165, 1.54) is 0 Å². The van der Waals surface area contributed by atoms with Crippen molar-refractivity contribution in [1.29, 1.82) is 0 Å². The van der Waals surface area contributed by atoms with Gasteiger partial charge in [-0.25, -0.2) is 0 Å². The highest BCUT2D eigenvalue weighted by Gasteiger charge is 2.48. The number of nitrogens with zero attached hydrogens (tertiary/aromatic N) is 1. The molecule has 1 atom stereocenters. The van der Waals surface area contributed by atoms with Crippen LogP contribution in [0.3, 0.4) is 0 Å². The summed E-state index contributed by atoms with van der Waals surface area (Å²) < 4.78 is 39.3. The molecule has 0 aromatic rings. The Morgan fingerprint density at radius 1 is 1.06 bits per heavy atom. The van der Waals surface area contributed by atoms with Gasteiger partial charge in [-0.05, 0) is 18.8 Å². The molecule has 2 nitrogen and oxygen atoms in total. The molecule has 2 aliphatic rings. The minimum Gasteiger partial charge on any atom is -0.314 e. The summed E-state index contributed by atoms with van der Waals surface area (Å²) in [6.45, 7) is 2.42. The fourth-order valence-electron chi connectivity index (χ4n) is 3.01. The number of hydrogen-bond acceptors (Lipinski definition) is 2. The van der Waals surface area contributed by atoms with Gasteiger partial charge in [0.05, 0.1) is 0 Å². The SMILES string of the molecule is FC(F)(F)[C@@H](C1CCCC1)N1CCNCC1. The van der Waals surface area contributed by atoms with Crippen LogP contribution in [0.5, 0.6) is 0 Å². The van der Waals surface area contributed by atoms with Crippen molar-refractivity contribution in [3.8, 4) is 0 Å². The summed E-state index contributed by atoms with van der Waals surface area (Å²) in [5, 5.41) is 3.10.